The van der Waals surface area contributed by atoms with Gasteiger partial charge in [0.25, 0.3) is 11.8 Å². The highest BCUT2D eigenvalue weighted by molar-refractivity contribution is 9.10. The normalized spacial score (nSPS) is 10.6. The molecule has 0 aliphatic heterocycles. The zero-order valence-corrected chi connectivity index (χ0v) is 14.1. The molecular formula is C15H12BrN3O5. The molecule has 8 nitrogen and oxygen atoms in total. The molecule has 3 aromatic rings. The summed E-state index contributed by atoms with van der Waals surface area (Å²) in [5.41, 5.74) is 0.757. The predicted octanol–water partition coefficient (Wildman–Crippen LogP) is 2.92. The Kier molecular flexibility index (Phi) is 4.90. The van der Waals surface area contributed by atoms with Crippen LogP contribution in [-0.2, 0) is 16.1 Å². The first-order valence-corrected chi connectivity index (χ1v) is 7.70. The molecule has 0 amide bonds. The van der Waals surface area contributed by atoms with Crippen molar-refractivity contribution in [3.8, 4) is 17.3 Å². The smallest absolute Gasteiger partial charge is 0.344 e. The maximum Gasteiger partial charge on any atom is 0.344 e. The third-order valence-electron chi connectivity index (χ3n) is 2.87. The van der Waals surface area contributed by atoms with Gasteiger partial charge in [0.05, 0.1) is 5.56 Å². The maximum atomic E-state index is 11.6. The number of aryl methyl sites for hydroxylation is 1. The van der Waals surface area contributed by atoms with Crippen LogP contribution in [0.5, 0.6) is 5.88 Å². The minimum Gasteiger partial charge on any atom is -0.463 e. The monoisotopic (exact) mass is 393 g/mol. The van der Waals surface area contributed by atoms with E-state index in [2.05, 4.69) is 31.3 Å². The molecule has 2 heterocycles. The Labute approximate surface area is 144 Å². The number of rotatable bonds is 6. The van der Waals surface area contributed by atoms with Gasteiger partial charge in [-0.05, 0) is 40.1 Å². The van der Waals surface area contributed by atoms with Crippen molar-refractivity contribution in [3.05, 3.63) is 46.5 Å². The fourth-order valence-corrected chi connectivity index (χ4v) is 2.24. The average Bonchev–Trinajstić information content (AvgIpc) is 3.20. The summed E-state index contributed by atoms with van der Waals surface area (Å²) in [5.74, 6) is 0.743. The number of hydrogen-bond acceptors (Lipinski definition) is 8. The number of esters is 1. The molecule has 0 atom stereocenters. The molecule has 0 aliphatic rings. The molecule has 0 saturated carbocycles. The van der Waals surface area contributed by atoms with E-state index in [-0.39, 0.29) is 25.0 Å². The number of nitrogens with zero attached hydrogens (tertiary/aromatic N) is 3. The molecular weight excluding hydrogens is 382 g/mol. The van der Waals surface area contributed by atoms with Crippen molar-refractivity contribution in [2.24, 2.45) is 0 Å². The zero-order valence-electron chi connectivity index (χ0n) is 12.6. The van der Waals surface area contributed by atoms with Crippen molar-refractivity contribution in [2.75, 3.05) is 6.61 Å². The van der Waals surface area contributed by atoms with Gasteiger partial charge in [-0.3, -0.25) is 0 Å². The number of benzene rings is 1. The first-order chi connectivity index (χ1) is 11.6. The van der Waals surface area contributed by atoms with Gasteiger partial charge < -0.3 is 18.4 Å². The average molecular weight is 394 g/mol. The summed E-state index contributed by atoms with van der Waals surface area (Å²) in [6.45, 7) is 1.28. The van der Waals surface area contributed by atoms with E-state index in [1.807, 2.05) is 24.3 Å². The summed E-state index contributed by atoms with van der Waals surface area (Å²) in [4.78, 5) is 11.6. The lowest BCUT2D eigenvalue weighted by Gasteiger charge is -2.02. The molecule has 0 radical (unpaired) electrons. The standard InChI is InChI=1S/C15H12BrN3O5/c1-9-6-12(19-24-9)21-8-14(20)22-7-13-17-18-15(23-13)10-4-2-3-5-11(10)16/h2-6H,7-8H2,1H3. The van der Waals surface area contributed by atoms with Gasteiger partial charge in [0, 0.05) is 10.5 Å². The fraction of sp³-hybridized carbons (Fsp3) is 0.200. The van der Waals surface area contributed by atoms with E-state index in [0.29, 0.717) is 11.7 Å². The second-order valence-corrected chi connectivity index (χ2v) is 5.56. The quantitative estimate of drug-likeness (QED) is 0.589. The van der Waals surface area contributed by atoms with Crippen LogP contribution in [-0.4, -0.2) is 27.9 Å². The van der Waals surface area contributed by atoms with Crippen molar-refractivity contribution in [2.45, 2.75) is 13.5 Å². The number of hydrogen-bond donors (Lipinski definition) is 0. The van der Waals surface area contributed by atoms with Gasteiger partial charge in [-0.15, -0.1) is 10.2 Å². The Morgan fingerprint density at radius 3 is 2.88 bits per heavy atom. The summed E-state index contributed by atoms with van der Waals surface area (Å²) in [6, 6.07) is 8.99. The third kappa shape index (κ3) is 3.99. The molecule has 24 heavy (non-hydrogen) atoms. The molecule has 0 N–H and O–H groups in total. The van der Waals surface area contributed by atoms with E-state index in [0.717, 1.165) is 10.0 Å². The van der Waals surface area contributed by atoms with E-state index in [1.54, 1.807) is 13.0 Å². The Bertz CT molecular complexity index is 845. The highest BCUT2D eigenvalue weighted by atomic mass is 79.9. The lowest BCUT2D eigenvalue weighted by atomic mass is 10.2. The second kappa shape index (κ2) is 7.26. The summed E-state index contributed by atoms with van der Waals surface area (Å²) >= 11 is 3.41. The second-order valence-electron chi connectivity index (χ2n) is 4.71. The van der Waals surface area contributed by atoms with Crippen LogP contribution in [0.1, 0.15) is 11.7 Å². The van der Waals surface area contributed by atoms with E-state index in [9.17, 15) is 4.79 Å². The van der Waals surface area contributed by atoms with Crippen LogP contribution in [0.2, 0.25) is 0 Å². The van der Waals surface area contributed by atoms with Crippen LogP contribution in [0.15, 0.2) is 43.7 Å². The Morgan fingerprint density at radius 1 is 1.29 bits per heavy atom. The maximum absolute atomic E-state index is 11.6. The SMILES string of the molecule is Cc1cc(OCC(=O)OCc2nnc(-c3ccccc3Br)o2)no1. The highest BCUT2D eigenvalue weighted by Crippen LogP contribution is 2.26. The molecule has 9 heteroatoms. The lowest BCUT2D eigenvalue weighted by Crippen LogP contribution is -2.14. The Hall–Kier alpha value is -2.68. The van der Waals surface area contributed by atoms with E-state index < -0.39 is 5.97 Å². The van der Waals surface area contributed by atoms with E-state index in [1.165, 1.54) is 0 Å². The van der Waals surface area contributed by atoms with Crippen molar-refractivity contribution < 1.29 is 23.2 Å². The number of carbonyl (C=O) groups excluding carboxylic acids is 1. The van der Waals surface area contributed by atoms with Crippen LogP contribution in [0.25, 0.3) is 11.5 Å². The molecule has 1 aromatic carbocycles. The highest BCUT2D eigenvalue weighted by Gasteiger charge is 2.13. The largest absolute Gasteiger partial charge is 0.463 e. The van der Waals surface area contributed by atoms with Gasteiger partial charge in [0.2, 0.25) is 5.89 Å². The van der Waals surface area contributed by atoms with Crippen LogP contribution < -0.4 is 4.74 Å². The van der Waals surface area contributed by atoms with Gasteiger partial charge >= 0.3 is 5.97 Å². The molecule has 0 aliphatic carbocycles. The minimum atomic E-state index is -0.587. The zero-order chi connectivity index (χ0) is 16.9. The van der Waals surface area contributed by atoms with Crippen molar-refractivity contribution >= 4 is 21.9 Å². The third-order valence-corrected chi connectivity index (χ3v) is 3.56. The van der Waals surface area contributed by atoms with Crippen LogP contribution in [0, 0.1) is 6.92 Å². The molecule has 0 unspecified atom stereocenters. The fourth-order valence-electron chi connectivity index (χ4n) is 1.78. The van der Waals surface area contributed by atoms with Gasteiger partial charge in [-0.1, -0.05) is 12.1 Å². The Balaban J connectivity index is 1.52. The topological polar surface area (TPSA) is 100 Å². The molecule has 124 valence electrons. The van der Waals surface area contributed by atoms with Crippen molar-refractivity contribution in [1.82, 2.24) is 15.4 Å². The first-order valence-electron chi connectivity index (χ1n) is 6.91. The number of halogens is 1. The van der Waals surface area contributed by atoms with Crippen molar-refractivity contribution in [3.63, 3.8) is 0 Å². The molecule has 0 fully saturated rings. The number of ether oxygens (including phenoxy) is 2. The van der Waals surface area contributed by atoms with Gasteiger partial charge in [0.15, 0.2) is 13.2 Å². The number of carbonyl (C=O) groups is 1. The lowest BCUT2D eigenvalue weighted by molar-refractivity contribution is -0.148. The van der Waals surface area contributed by atoms with Crippen molar-refractivity contribution in [1.29, 1.82) is 0 Å². The van der Waals surface area contributed by atoms with Gasteiger partial charge in [-0.25, -0.2) is 4.79 Å². The summed E-state index contributed by atoms with van der Waals surface area (Å²) in [7, 11) is 0. The van der Waals surface area contributed by atoms with Gasteiger partial charge in [-0.2, -0.15) is 0 Å². The molecule has 0 spiro atoms. The molecule has 0 saturated heterocycles. The van der Waals surface area contributed by atoms with E-state index in [4.69, 9.17) is 18.4 Å². The summed E-state index contributed by atoms with van der Waals surface area (Å²) in [6.07, 6.45) is 0. The predicted molar refractivity (Wildman–Crippen MR) is 84.0 cm³/mol. The summed E-state index contributed by atoms with van der Waals surface area (Å²) in [5, 5.41) is 11.4. The minimum absolute atomic E-state index is 0.141. The molecule has 2 aromatic heterocycles. The summed E-state index contributed by atoms with van der Waals surface area (Å²) < 4.78 is 21.2. The van der Waals surface area contributed by atoms with Crippen LogP contribution in [0.3, 0.4) is 0 Å². The molecule has 0 bridgehead atoms. The Morgan fingerprint density at radius 2 is 2.12 bits per heavy atom. The number of aromatic nitrogens is 3. The molecule has 3 rings (SSSR count). The first kappa shape index (κ1) is 16.2. The van der Waals surface area contributed by atoms with Crippen LogP contribution >= 0.6 is 15.9 Å². The van der Waals surface area contributed by atoms with Gasteiger partial charge in [0.1, 0.15) is 5.76 Å². The van der Waals surface area contributed by atoms with Crippen LogP contribution in [0.4, 0.5) is 0 Å². The van der Waals surface area contributed by atoms with E-state index >= 15 is 0 Å².